The fourth-order valence-electron chi connectivity index (χ4n) is 14.4. The number of aliphatic hydroxyl groups is 4. The Bertz CT molecular complexity index is 2960. The second-order valence-electron chi connectivity index (χ2n) is 26.0. The first-order valence-corrected chi connectivity index (χ1v) is 30.3. The molecule has 23 atom stereocenters. The Labute approximate surface area is 530 Å². The van der Waals surface area contributed by atoms with Crippen molar-refractivity contribution in [1.29, 1.82) is 0 Å². The molecule has 7 aliphatic rings. The molecular weight excluding hydrogens is 1200 g/mol. The highest BCUT2D eigenvalue weighted by Gasteiger charge is 2.67. The van der Waals surface area contributed by atoms with Gasteiger partial charge in [0.05, 0.1) is 66.1 Å². The number of benzene rings is 1. The number of Topliss-reactive ketones (excluding diaryl/α,β-unsaturated/α-hetero) is 3. The monoisotopic (exact) mass is 1290 g/mol. The van der Waals surface area contributed by atoms with Gasteiger partial charge >= 0.3 is 23.9 Å². The summed E-state index contributed by atoms with van der Waals surface area (Å²) < 4.78 is 61.5. The molecule has 27 heteroatoms. The fraction of sp³-hybridized carbons (Fsp3) is 0.714. The average Bonchev–Trinajstić information content (AvgIpc) is 0.865. The Morgan fingerprint density at radius 3 is 1.86 bits per heavy atom. The van der Waals surface area contributed by atoms with Gasteiger partial charge in [-0.05, 0) is 99.6 Å². The topological polar surface area (TPSA) is 366 Å². The highest BCUT2D eigenvalue weighted by Crippen LogP contribution is 2.57. The van der Waals surface area contributed by atoms with Crippen LogP contribution >= 0.6 is 12.4 Å². The Balaban J connectivity index is 0.000000329. The highest BCUT2D eigenvalue weighted by molar-refractivity contribution is 6.24. The maximum absolute atomic E-state index is 14.4. The van der Waals surface area contributed by atoms with E-state index in [9.17, 15) is 63.9 Å². The molecule has 90 heavy (non-hydrogen) atoms. The summed E-state index contributed by atoms with van der Waals surface area (Å²) in [6, 6.07) is 2.77. The number of methoxy groups -OCH3 is 1. The van der Waals surface area contributed by atoms with E-state index in [2.05, 4.69) is 0 Å². The molecule has 1 aromatic carbocycles. The van der Waals surface area contributed by atoms with Crippen LogP contribution in [0.3, 0.4) is 0 Å². The van der Waals surface area contributed by atoms with Crippen molar-refractivity contribution in [1.82, 2.24) is 9.80 Å². The number of halogens is 1. The van der Waals surface area contributed by atoms with Gasteiger partial charge in [-0.25, -0.2) is 0 Å². The number of likely N-dealkylation sites (N-methyl/N-ethyl adjacent to an activating group) is 2. The minimum atomic E-state index is -2.75. The quantitative estimate of drug-likeness (QED) is 0.0796. The zero-order valence-corrected chi connectivity index (χ0v) is 55.1. The van der Waals surface area contributed by atoms with Crippen LogP contribution in [-0.2, 0) is 91.3 Å². The van der Waals surface area contributed by atoms with Crippen molar-refractivity contribution in [2.24, 2.45) is 47.2 Å². The molecule has 4 saturated heterocycles. The summed E-state index contributed by atoms with van der Waals surface area (Å²) in [5.41, 5.74) is -1.74. The molecule has 7 N–H and O–H groups in total. The normalized spacial score (nSPS) is 39.7. The first-order chi connectivity index (χ1) is 41.4. The number of rotatable bonds is 11. The van der Waals surface area contributed by atoms with E-state index in [4.69, 9.17) is 53.1 Å². The van der Waals surface area contributed by atoms with E-state index in [1.165, 1.54) is 72.0 Å². The molecule has 0 bridgehead atoms. The van der Waals surface area contributed by atoms with Crippen LogP contribution in [0.5, 0.6) is 5.75 Å². The first kappa shape index (κ1) is 73.4. The van der Waals surface area contributed by atoms with Crippen LogP contribution < -0.4 is 5.73 Å². The van der Waals surface area contributed by atoms with E-state index in [0.29, 0.717) is 6.42 Å². The molecule has 0 aromatic heterocycles. The molecule has 1 saturated carbocycles. The predicted molar refractivity (Wildman–Crippen MR) is 320 cm³/mol. The van der Waals surface area contributed by atoms with Crippen LogP contribution in [0.2, 0.25) is 0 Å². The lowest BCUT2D eigenvalue weighted by molar-refractivity contribution is -0.301. The van der Waals surface area contributed by atoms with Gasteiger partial charge in [0.1, 0.15) is 41.2 Å². The van der Waals surface area contributed by atoms with E-state index in [0.717, 1.165) is 0 Å². The number of hydrogen-bond donors (Lipinski definition) is 6. The lowest BCUT2D eigenvalue weighted by atomic mass is 9.54. The number of amides is 1. The zero-order valence-electron chi connectivity index (χ0n) is 54.3. The number of cyclic esters (lactones) is 1. The zero-order chi connectivity index (χ0) is 66.6. The van der Waals surface area contributed by atoms with Crippen LogP contribution in [0.4, 0.5) is 0 Å². The number of aliphatic hydroxyl groups excluding tert-OH is 2. The van der Waals surface area contributed by atoms with Crippen molar-refractivity contribution in [3.63, 3.8) is 0 Å². The number of epoxide rings is 1. The summed E-state index contributed by atoms with van der Waals surface area (Å²) in [5, 5.41) is 54.9. The Morgan fingerprint density at radius 2 is 1.31 bits per heavy atom. The molecule has 4 aliphatic heterocycles. The van der Waals surface area contributed by atoms with E-state index >= 15 is 0 Å². The number of carbonyl (C=O) groups excluding carboxylic acids is 8. The number of fused-ring (bicyclic) bond motifs is 3. The van der Waals surface area contributed by atoms with Crippen LogP contribution in [-0.4, -0.2) is 215 Å². The molecule has 3 aliphatic carbocycles. The van der Waals surface area contributed by atoms with Crippen LogP contribution in [0, 0.1) is 41.4 Å². The summed E-state index contributed by atoms with van der Waals surface area (Å²) in [6.45, 7) is 19.9. The van der Waals surface area contributed by atoms with Gasteiger partial charge in [-0.3, -0.25) is 43.3 Å². The van der Waals surface area contributed by atoms with Crippen molar-refractivity contribution in [2.45, 2.75) is 205 Å². The fourth-order valence-corrected chi connectivity index (χ4v) is 14.4. The van der Waals surface area contributed by atoms with Gasteiger partial charge in [0, 0.05) is 63.5 Å². The van der Waals surface area contributed by atoms with E-state index in [-0.39, 0.29) is 67.3 Å². The summed E-state index contributed by atoms with van der Waals surface area (Å²) >= 11 is 0. The smallest absolute Gasteiger partial charge is 0.311 e. The van der Waals surface area contributed by atoms with Crippen LogP contribution in [0.15, 0.2) is 35.1 Å². The second-order valence-corrected chi connectivity index (χ2v) is 26.0. The van der Waals surface area contributed by atoms with Gasteiger partial charge in [-0.15, -0.1) is 12.4 Å². The van der Waals surface area contributed by atoms with Crippen molar-refractivity contribution in [3.05, 3.63) is 46.2 Å². The van der Waals surface area contributed by atoms with Crippen molar-refractivity contribution < 1.29 is 111 Å². The molecule has 1 aromatic rings. The molecule has 0 radical (unpaired) electrons. The Kier molecular flexibility index (Phi) is 23.1. The van der Waals surface area contributed by atoms with Crippen LogP contribution in [0.1, 0.15) is 120 Å². The number of phenolic OH excluding ortho intramolecular Hbond substituents is 1. The predicted octanol–water partition coefficient (Wildman–Crippen LogP) is 3.67. The van der Waals surface area contributed by atoms with Gasteiger partial charge in [0.2, 0.25) is 5.78 Å². The Hall–Kier alpha value is -5.65. The molecule has 504 valence electrons. The summed E-state index contributed by atoms with van der Waals surface area (Å²) in [7, 11) is 8.32. The van der Waals surface area contributed by atoms with Crippen LogP contribution in [0.25, 0.3) is 5.76 Å². The van der Waals surface area contributed by atoms with Crippen molar-refractivity contribution in [3.8, 4) is 5.75 Å². The number of nitrogens with two attached hydrogens (primary N) is 1. The minimum Gasteiger partial charge on any atom is -0.508 e. The SMILES string of the molecule is CN(C)[C@@H]1C(=O)C(C(N)=O)=C(O)[C@@]2(O)C(=O)C3=C(O)c4c(O)cccc4[C@@](C)(O)[C@H]3C[C@@H]12.CO[C@H]1C[C@H](O[C@H]2[C@H](C)[C@@H](O[C@@H]3O[C@H](C)C[C@H](N(C)C)[C@H]3OC(C)=O)[C@@H](C)C[C@@]3(CO3)C(=O)[C@H](C)[C@@H](OC(C)=O)[C@@H](C)[C@@H](C)OC(=O)[C@@H]2C)O[C@@H](C)[C@@H]1OC(C)=O.Cl. The number of esters is 4. The summed E-state index contributed by atoms with van der Waals surface area (Å²) in [4.78, 5) is 107. The molecule has 1 amide bonds. The van der Waals surface area contributed by atoms with Gasteiger partial charge in [0.15, 0.2) is 47.6 Å². The molecule has 26 nitrogen and oxygen atoms in total. The number of carbonyl (C=O) groups is 8. The third-order valence-corrected chi connectivity index (χ3v) is 19.2. The highest BCUT2D eigenvalue weighted by atomic mass is 35.5. The minimum absolute atomic E-state index is 0. The number of ether oxygens (including phenoxy) is 10. The van der Waals surface area contributed by atoms with Gasteiger partial charge in [-0.1, -0.05) is 39.8 Å². The number of nitrogens with zero attached hydrogens (tertiary/aromatic N) is 2. The summed E-state index contributed by atoms with van der Waals surface area (Å²) in [6.07, 6.45) is -7.55. The van der Waals surface area contributed by atoms with Crippen molar-refractivity contribution >= 4 is 65.3 Å². The number of phenols is 1. The molecule has 4 heterocycles. The number of primary amides is 1. The maximum atomic E-state index is 14.4. The Morgan fingerprint density at radius 1 is 0.722 bits per heavy atom. The number of hydrogen-bond acceptors (Lipinski definition) is 25. The molecule has 8 rings (SSSR count). The first-order valence-electron chi connectivity index (χ1n) is 30.3. The average molecular weight is 1290 g/mol. The van der Waals surface area contributed by atoms with E-state index in [1.54, 1.807) is 34.6 Å². The lowest BCUT2D eigenvalue weighted by Gasteiger charge is -2.53. The van der Waals surface area contributed by atoms with Gasteiger partial charge in [0.25, 0.3) is 5.91 Å². The van der Waals surface area contributed by atoms with Gasteiger partial charge in [-0.2, -0.15) is 0 Å². The van der Waals surface area contributed by atoms with E-state index in [1.807, 2.05) is 39.8 Å². The molecule has 1 spiro atoms. The third-order valence-electron chi connectivity index (χ3n) is 19.2. The number of aromatic hydroxyl groups is 1. The molecular formula is C63H92ClN3O23. The maximum Gasteiger partial charge on any atom is 0.311 e. The van der Waals surface area contributed by atoms with Gasteiger partial charge < -0.3 is 83.5 Å². The molecule has 5 fully saturated rings. The standard InChI is InChI=1S/C41H67NO15.C22H24N2O8.ClH/c1-19-17-41(18-49-41)38(46)23(5)34(53-27(9)43)21(3)25(7)52-39(47)24(6)35(56-32-16-31(48-14)36(26(8)51-32)54-28(10)44)22(4)33(19)57-40-37(55-29(11)45)30(42(12)13)15-20(2)50-40;1-21(31)8-5-4-6-11(25)12(8)16(26)13-9(21)7-10-15(24(2)3)17(27)14(20(23)30)19(29)22(10,32)18(13)28;/h19-26,30-37,40H,15-18H2,1-14H3;4-6,9-10,15,25-26,29,31-32H,7H2,1-3H3,(H2,23,30);1H/t19-,20+,21-,22+,23+,24+,25+,26-,30-,31-,32-,33-,34-,35-,36-,37+,40-,41+;9-,10-,15-,21+,22-;/m00./s1. The number of ketones is 3. The third kappa shape index (κ3) is 14.1. The second kappa shape index (κ2) is 28.3. The lowest BCUT2D eigenvalue weighted by Crippen LogP contribution is -2.67. The molecule has 0 unspecified atom stereocenters. The summed E-state index contributed by atoms with van der Waals surface area (Å²) in [5.74, 6) is -13.6. The largest absolute Gasteiger partial charge is 0.508 e. The van der Waals surface area contributed by atoms with Crippen molar-refractivity contribution in [2.75, 3.05) is 41.9 Å². The van der Waals surface area contributed by atoms with E-state index < -0.39 is 195 Å².